The third-order valence-corrected chi connectivity index (χ3v) is 4.59. The van der Waals surface area contributed by atoms with E-state index in [9.17, 15) is 0 Å². The lowest BCUT2D eigenvalue weighted by Gasteiger charge is -2.03. The summed E-state index contributed by atoms with van der Waals surface area (Å²) in [6.07, 6.45) is 2.56. The molecule has 100 valence electrons. The molecule has 0 amide bonds. The largest absolute Gasteiger partial charge is 0.430 e. The number of hydrogen-bond acceptors (Lipinski definition) is 5. The van der Waals surface area contributed by atoms with Crippen molar-refractivity contribution in [2.24, 2.45) is 0 Å². The quantitative estimate of drug-likeness (QED) is 0.903. The molecule has 3 rings (SSSR count). The smallest absolute Gasteiger partial charge is 0.299 e. The summed E-state index contributed by atoms with van der Waals surface area (Å²) in [4.78, 5) is 0. The highest BCUT2D eigenvalue weighted by Crippen LogP contribution is 2.28. The van der Waals surface area contributed by atoms with E-state index >= 15 is 0 Å². The second-order valence-corrected chi connectivity index (χ2v) is 6.51. The average Bonchev–Trinajstić information content (AvgIpc) is 3.12. The van der Waals surface area contributed by atoms with Crippen LogP contribution in [0.3, 0.4) is 0 Å². The van der Waals surface area contributed by atoms with Gasteiger partial charge in [0.1, 0.15) is 10.8 Å². The van der Waals surface area contributed by atoms with Crippen molar-refractivity contribution in [3.63, 3.8) is 0 Å². The standard InChI is InChI=1S/C13H14BrN3OS/c1-8-6-10(4-5-11(8)14)18-13-17-16-12(19-13)7-15-9-2-3-9/h4-6,9,15H,2-3,7H2,1H3. The summed E-state index contributed by atoms with van der Waals surface area (Å²) in [6, 6.07) is 6.55. The lowest BCUT2D eigenvalue weighted by Crippen LogP contribution is -2.14. The van der Waals surface area contributed by atoms with Crippen LogP contribution in [0, 0.1) is 6.92 Å². The van der Waals surface area contributed by atoms with Crippen molar-refractivity contribution in [3.8, 4) is 10.9 Å². The first-order valence-electron chi connectivity index (χ1n) is 6.20. The minimum atomic E-state index is 0.592. The molecule has 0 saturated heterocycles. The van der Waals surface area contributed by atoms with Gasteiger partial charge in [0.2, 0.25) is 0 Å². The number of benzene rings is 1. The number of hydrogen-bond donors (Lipinski definition) is 1. The van der Waals surface area contributed by atoms with E-state index in [1.165, 1.54) is 24.2 Å². The Balaban J connectivity index is 1.63. The lowest BCUT2D eigenvalue weighted by molar-refractivity contribution is 0.472. The molecule has 0 radical (unpaired) electrons. The van der Waals surface area contributed by atoms with E-state index < -0.39 is 0 Å². The number of aryl methyl sites for hydroxylation is 1. The van der Waals surface area contributed by atoms with E-state index in [1.54, 1.807) is 0 Å². The van der Waals surface area contributed by atoms with Gasteiger partial charge in [0.15, 0.2) is 0 Å². The molecule has 0 unspecified atom stereocenters. The molecule has 0 atom stereocenters. The first-order chi connectivity index (χ1) is 9.20. The maximum absolute atomic E-state index is 5.71. The molecule has 1 aromatic heterocycles. The van der Waals surface area contributed by atoms with Gasteiger partial charge in [-0.3, -0.25) is 0 Å². The average molecular weight is 340 g/mol. The Hall–Kier alpha value is -0.980. The Labute approximate surface area is 124 Å². The fraction of sp³-hybridized carbons (Fsp3) is 0.385. The summed E-state index contributed by atoms with van der Waals surface area (Å²) in [5.74, 6) is 0.790. The third kappa shape index (κ3) is 3.52. The molecule has 1 saturated carbocycles. The van der Waals surface area contributed by atoms with E-state index in [0.717, 1.165) is 27.3 Å². The molecular formula is C13H14BrN3OS. The van der Waals surface area contributed by atoms with Crippen molar-refractivity contribution in [1.82, 2.24) is 15.5 Å². The van der Waals surface area contributed by atoms with Gasteiger partial charge in [-0.15, -0.1) is 5.10 Å². The highest BCUT2D eigenvalue weighted by atomic mass is 79.9. The molecule has 0 spiro atoms. The van der Waals surface area contributed by atoms with E-state index in [2.05, 4.69) is 31.4 Å². The molecule has 0 bridgehead atoms. The van der Waals surface area contributed by atoms with E-state index in [0.29, 0.717) is 11.2 Å². The van der Waals surface area contributed by atoms with Crippen molar-refractivity contribution in [1.29, 1.82) is 0 Å². The molecule has 1 aromatic carbocycles. The first-order valence-corrected chi connectivity index (χ1v) is 7.81. The fourth-order valence-electron chi connectivity index (χ4n) is 1.65. The van der Waals surface area contributed by atoms with Crippen molar-refractivity contribution in [3.05, 3.63) is 33.2 Å². The van der Waals surface area contributed by atoms with Gasteiger partial charge in [-0.25, -0.2) is 0 Å². The molecule has 1 aliphatic rings. The Bertz CT molecular complexity index is 583. The first kappa shape index (κ1) is 13.0. The number of halogens is 1. The van der Waals surface area contributed by atoms with Gasteiger partial charge >= 0.3 is 0 Å². The minimum absolute atomic E-state index is 0.592. The highest BCUT2D eigenvalue weighted by Gasteiger charge is 2.20. The van der Waals surface area contributed by atoms with E-state index in [-0.39, 0.29) is 0 Å². The van der Waals surface area contributed by atoms with Crippen LogP contribution in [-0.2, 0) is 6.54 Å². The molecular weight excluding hydrogens is 326 g/mol. The number of rotatable bonds is 5. The molecule has 2 aromatic rings. The molecule has 6 heteroatoms. The predicted octanol–water partition coefficient (Wildman–Crippen LogP) is 3.65. The molecule has 0 aliphatic heterocycles. The van der Waals surface area contributed by atoms with Crippen LogP contribution in [0.1, 0.15) is 23.4 Å². The van der Waals surface area contributed by atoms with Crippen LogP contribution in [0.5, 0.6) is 10.9 Å². The summed E-state index contributed by atoms with van der Waals surface area (Å²) >= 11 is 4.96. The number of ether oxygens (including phenoxy) is 1. The summed E-state index contributed by atoms with van der Waals surface area (Å²) in [7, 11) is 0. The Morgan fingerprint density at radius 1 is 1.42 bits per heavy atom. The molecule has 1 heterocycles. The van der Waals surface area contributed by atoms with Crippen LogP contribution in [-0.4, -0.2) is 16.2 Å². The van der Waals surface area contributed by atoms with Crippen LogP contribution in [0.15, 0.2) is 22.7 Å². The number of aromatic nitrogens is 2. The molecule has 1 N–H and O–H groups in total. The minimum Gasteiger partial charge on any atom is -0.430 e. The topological polar surface area (TPSA) is 47.0 Å². The lowest BCUT2D eigenvalue weighted by atomic mass is 10.2. The predicted molar refractivity (Wildman–Crippen MR) is 78.7 cm³/mol. The maximum Gasteiger partial charge on any atom is 0.299 e. The summed E-state index contributed by atoms with van der Waals surface area (Å²) in [6.45, 7) is 2.81. The Kier molecular flexibility index (Phi) is 3.81. The number of nitrogens with one attached hydrogen (secondary N) is 1. The van der Waals surface area contributed by atoms with Crippen LogP contribution >= 0.6 is 27.3 Å². The zero-order valence-electron chi connectivity index (χ0n) is 10.5. The zero-order chi connectivity index (χ0) is 13.2. The van der Waals surface area contributed by atoms with Gasteiger partial charge in [0.05, 0.1) is 6.54 Å². The number of nitrogens with zero attached hydrogens (tertiary/aromatic N) is 2. The second kappa shape index (κ2) is 5.56. The highest BCUT2D eigenvalue weighted by molar-refractivity contribution is 9.10. The fourth-order valence-corrected chi connectivity index (χ4v) is 2.56. The van der Waals surface area contributed by atoms with Crippen molar-refractivity contribution < 1.29 is 4.74 Å². The maximum atomic E-state index is 5.71. The molecule has 1 aliphatic carbocycles. The second-order valence-electron chi connectivity index (χ2n) is 4.63. The SMILES string of the molecule is Cc1cc(Oc2nnc(CNC3CC3)s2)ccc1Br. The van der Waals surface area contributed by atoms with Crippen LogP contribution in [0.2, 0.25) is 0 Å². The van der Waals surface area contributed by atoms with Gasteiger partial charge in [-0.1, -0.05) is 32.4 Å². The monoisotopic (exact) mass is 339 g/mol. The van der Waals surface area contributed by atoms with Gasteiger partial charge in [0.25, 0.3) is 5.19 Å². The molecule has 4 nitrogen and oxygen atoms in total. The van der Waals surface area contributed by atoms with Gasteiger partial charge < -0.3 is 10.1 Å². The normalized spacial score (nSPS) is 14.6. The van der Waals surface area contributed by atoms with E-state index in [1.807, 2.05) is 25.1 Å². The van der Waals surface area contributed by atoms with Crippen molar-refractivity contribution in [2.75, 3.05) is 0 Å². The van der Waals surface area contributed by atoms with Gasteiger partial charge in [-0.05, 0) is 43.5 Å². The van der Waals surface area contributed by atoms with Crippen LogP contribution in [0.4, 0.5) is 0 Å². The van der Waals surface area contributed by atoms with Crippen molar-refractivity contribution in [2.45, 2.75) is 32.4 Å². The van der Waals surface area contributed by atoms with E-state index in [4.69, 9.17) is 4.74 Å². The summed E-state index contributed by atoms with van der Waals surface area (Å²) in [5.41, 5.74) is 1.14. The molecule has 1 fully saturated rings. The third-order valence-electron chi connectivity index (χ3n) is 2.90. The Morgan fingerprint density at radius 2 is 2.26 bits per heavy atom. The van der Waals surface area contributed by atoms with Crippen LogP contribution in [0.25, 0.3) is 0 Å². The summed E-state index contributed by atoms with van der Waals surface area (Å²) in [5, 5.41) is 13.2. The van der Waals surface area contributed by atoms with Crippen molar-refractivity contribution >= 4 is 27.3 Å². The van der Waals surface area contributed by atoms with Gasteiger partial charge in [-0.2, -0.15) is 0 Å². The zero-order valence-corrected chi connectivity index (χ0v) is 12.9. The van der Waals surface area contributed by atoms with Crippen LogP contribution < -0.4 is 10.1 Å². The van der Waals surface area contributed by atoms with Gasteiger partial charge in [0, 0.05) is 10.5 Å². The Morgan fingerprint density at radius 3 is 3.00 bits per heavy atom. The molecule has 19 heavy (non-hydrogen) atoms. The summed E-state index contributed by atoms with van der Waals surface area (Å²) < 4.78 is 6.79.